The molecule has 0 fully saturated rings. The van der Waals surface area contributed by atoms with Crippen molar-refractivity contribution in [1.29, 1.82) is 0 Å². The lowest BCUT2D eigenvalue weighted by Gasteiger charge is -2.09. The lowest BCUT2D eigenvalue weighted by molar-refractivity contribution is -0.120. The molecule has 0 saturated heterocycles. The van der Waals surface area contributed by atoms with Crippen molar-refractivity contribution < 1.29 is 4.79 Å². The molecular weight excluding hydrogens is 292 g/mol. The Labute approximate surface area is 104 Å². The van der Waals surface area contributed by atoms with E-state index in [-0.39, 0.29) is 4.87 Å². The molecule has 1 aromatic carbocycles. The predicted molar refractivity (Wildman–Crippen MR) is 67.7 cm³/mol. The number of thiazole rings is 1. The molecule has 0 aliphatic heterocycles. The third-order valence-corrected chi connectivity index (χ3v) is 3.79. The maximum absolute atomic E-state index is 11.8. The molecule has 2 N–H and O–H groups in total. The zero-order valence-corrected chi connectivity index (χ0v) is 10.8. The molecule has 1 heterocycles. The average Bonchev–Trinajstić information content (AvgIpc) is 2.51. The summed E-state index contributed by atoms with van der Waals surface area (Å²) < 4.78 is 3.17. The van der Waals surface area contributed by atoms with Gasteiger partial charge < -0.3 is 5.73 Å². The molecule has 16 heavy (non-hydrogen) atoms. The van der Waals surface area contributed by atoms with E-state index in [2.05, 4.69) is 15.9 Å². The highest BCUT2D eigenvalue weighted by Crippen LogP contribution is 2.24. The molecule has 1 atom stereocenters. The Hall–Kier alpha value is -1.14. The van der Waals surface area contributed by atoms with Gasteiger partial charge in [0.05, 0.1) is 10.2 Å². The van der Waals surface area contributed by atoms with Crippen LogP contribution < -0.4 is 10.6 Å². The number of amides is 1. The smallest absolute Gasteiger partial charge is 0.308 e. The van der Waals surface area contributed by atoms with E-state index in [0.717, 1.165) is 26.0 Å². The van der Waals surface area contributed by atoms with Gasteiger partial charge in [-0.15, -0.1) is 0 Å². The molecule has 2 aromatic rings. The fourth-order valence-corrected chi connectivity index (χ4v) is 3.02. The summed E-state index contributed by atoms with van der Waals surface area (Å²) in [4.78, 5) is 22.7. The summed E-state index contributed by atoms with van der Waals surface area (Å²) in [6.07, 6.45) is 0. The largest absolute Gasteiger partial charge is 0.368 e. The van der Waals surface area contributed by atoms with Gasteiger partial charge in [0.15, 0.2) is 0 Å². The Kier molecular flexibility index (Phi) is 2.86. The van der Waals surface area contributed by atoms with Crippen molar-refractivity contribution in [3.8, 4) is 0 Å². The van der Waals surface area contributed by atoms with Crippen molar-refractivity contribution in [2.45, 2.75) is 13.0 Å². The van der Waals surface area contributed by atoms with E-state index in [1.54, 1.807) is 13.0 Å². The second-order valence-corrected chi connectivity index (χ2v) is 5.34. The first-order chi connectivity index (χ1) is 7.50. The van der Waals surface area contributed by atoms with E-state index in [1.807, 2.05) is 12.1 Å². The van der Waals surface area contributed by atoms with Gasteiger partial charge >= 0.3 is 4.87 Å². The minimum Gasteiger partial charge on any atom is -0.368 e. The first-order valence-corrected chi connectivity index (χ1v) is 6.21. The molecule has 0 saturated carbocycles. The molecule has 0 unspecified atom stereocenters. The van der Waals surface area contributed by atoms with Crippen LogP contribution in [0.4, 0.5) is 0 Å². The van der Waals surface area contributed by atoms with Crippen molar-refractivity contribution in [2.75, 3.05) is 0 Å². The van der Waals surface area contributed by atoms with Gasteiger partial charge in [-0.05, 0) is 25.1 Å². The minimum atomic E-state index is -0.623. The molecular formula is C10H9BrN2O2S. The fourth-order valence-electron chi connectivity index (χ4n) is 1.50. The Balaban J connectivity index is 2.74. The minimum absolute atomic E-state index is 0.167. The quantitative estimate of drug-likeness (QED) is 0.920. The molecule has 1 aromatic heterocycles. The molecule has 6 heteroatoms. The number of nitrogens with two attached hydrogens (primary N) is 1. The fraction of sp³-hybridized carbons (Fsp3) is 0.200. The molecule has 2 rings (SSSR count). The van der Waals surface area contributed by atoms with Crippen LogP contribution in [0.15, 0.2) is 27.5 Å². The number of primary amides is 1. The standard InChI is InChI=1S/C10H9BrN2O2S/c1-5(9(12)14)13-7-3-2-6(11)4-8(7)16-10(13)15/h2-5H,1H3,(H2,12,14)/t5-/m1/s1. The van der Waals surface area contributed by atoms with Gasteiger partial charge in [0.25, 0.3) is 0 Å². The van der Waals surface area contributed by atoms with Gasteiger partial charge in [-0.3, -0.25) is 14.2 Å². The van der Waals surface area contributed by atoms with E-state index >= 15 is 0 Å². The number of carbonyl (C=O) groups excluding carboxylic acids is 1. The van der Waals surface area contributed by atoms with Crippen LogP contribution in [-0.4, -0.2) is 10.5 Å². The maximum atomic E-state index is 11.8. The SMILES string of the molecule is C[C@H](C(N)=O)n1c(=O)sc2cc(Br)ccc21. The Bertz CT molecular complexity index is 617. The second kappa shape index (κ2) is 4.03. The Morgan fingerprint density at radius 1 is 1.56 bits per heavy atom. The van der Waals surface area contributed by atoms with Crippen LogP contribution >= 0.6 is 27.3 Å². The van der Waals surface area contributed by atoms with Crippen molar-refractivity contribution >= 4 is 43.4 Å². The summed E-state index contributed by atoms with van der Waals surface area (Å²) in [6.45, 7) is 1.62. The predicted octanol–water partition coefficient (Wildman–Crippen LogP) is 1.87. The highest BCUT2D eigenvalue weighted by Gasteiger charge is 2.17. The first-order valence-electron chi connectivity index (χ1n) is 4.60. The van der Waals surface area contributed by atoms with Crippen LogP contribution in [0.1, 0.15) is 13.0 Å². The third-order valence-electron chi connectivity index (χ3n) is 2.37. The van der Waals surface area contributed by atoms with Gasteiger partial charge in [-0.1, -0.05) is 27.3 Å². The second-order valence-electron chi connectivity index (χ2n) is 3.43. The summed E-state index contributed by atoms with van der Waals surface area (Å²) in [5.41, 5.74) is 5.95. The number of benzene rings is 1. The van der Waals surface area contributed by atoms with Crippen LogP contribution in [0.2, 0.25) is 0 Å². The third kappa shape index (κ3) is 1.78. The summed E-state index contributed by atoms with van der Waals surface area (Å²) in [5, 5.41) is 0. The maximum Gasteiger partial charge on any atom is 0.308 e. The molecule has 84 valence electrons. The van der Waals surface area contributed by atoms with Crippen LogP contribution in [0, 0.1) is 0 Å². The summed E-state index contributed by atoms with van der Waals surface area (Å²) in [7, 11) is 0. The number of carbonyl (C=O) groups is 1. The lowest BCUT2D eigenvalue weighted by atomic mass is 10.3. The zero-order valence-electron chi connectivity index (χ0n) is 8.44. The Morgan fingerprint density at radius 3 is 2.88 bits per heavy atom. The molecule has 0 spiro atoms. The lowest BCUT2D eigenvalue weighted by Crippen LogP contribution is -2.29. The molecule has 1 amide bonds. The normalized spacial score (nSPS) is 12.9. The molecule has 0 aliphatic rings. The van der Waals surface area contributed by atoms with Crippen molar-refractivity contribution in [2.24, 2.45) is 5.73 Å². The van der Waals surface area contributed by atoms with Gasteiger partial charge in [0.2, 0.25) is 5.91 Å². The van der Waals surface area contributed by atoms with Gasteiger partial charge in [0.1, 0.15) is 6.04 Å². The van der Waals surface area contributed by atoms with Gasteiger partial charge in [-0.25, -0.2) is 0 Å². The van der Waals surface area contributed by atoms with Crippen molar-refractivity contribution in [1.82, 2.24) is 4.57 Å². The molecule has 0 radical (unpaired) electrons. The number of hydrogen-bond donors (Lipinski definition) is 1. The van der Waals surface area contributed by atoms with E-state index < -0.39 is 11.9 Å². The number of hydrogen-bond acceptors (Lipinski definition) is 3. The van der Waals surface area contributed by atoms with E-state index in [0.29, 0.717) is 0 Å². The number of aromatic nitrogens is 1. The molecule has 0 aliphatic carbocycles. The summed E-state index contributed by atoms with van der Waals surface area (Å²) in [6, 6.07) is 4.86. The van der Waals surface area contributed by atoms with Crippen molar-refractivity contribution in [3.05, 3.63) is 32.3 Å². The van der Waals surface area contributed by atoms with E-state index in [9.17, 15) is 9.59 Å². The number of rotatable bonds is 2. The van der Waals surface area contributed by atoms with E-state index in [4.69, 9.17) is 5.73 Å². The Morgan fingerprint density at radius 2 is 2.25 bits per heavy atom. The molecule has 4 nitrogen and oxygen atoms in total. The number of nitrogens with zero attached hydrogens (tertiary/aromatic N) is 1. The van der Waals surface area contributed by atoms with Crippen LogP contribution in [-0.2, 0) is 4.79 Å². The summed E-state index contributed by atoms with van der Waals surface area (Å²) in [5.74, 6) is -0.510. The van der Waals surface area contributed by atoms with Crippen LogP contribution in [0.25, 0.3) is 10.2 Å². The van der Waals surface area contributed by atoms with E-state index in [1.165, 1.54) is 4.57 Å². The highest BCUT2D eigenvalue weighted by atomic mass is 79.9. The number of halogens is 1. The zero-order chi connectivity index (χ0) is 11.9. The topological polar surface area (TPSA) is 65.1 Å². The first kappa shape index (κ1) is 11.3. The van der Waals surface area contributed by atoms with Crippen LogP contribution in [0.3, 0.4) is 0 Å². The summed E-state index contributed by atoms with van der Waals surface area (Å²) >= 11 is 4.44. The van der Waals surface area contributed by atoms with Crippen molar-refractivity contribution in [3.63, 3.8) is 0 Å². The number of fused-ring (bicyclic) bond motifs is 1. The monoisotopic (exact) mass is 300 g/mol. The highest BCUT2D eigenvalue weighted by molar-refractivity contribution is 9.10. The van der Waals surface area contributed by atoms with Gasteiger partial charge in [0, 0.05) is 4.47 Å². The van der Waals surface area contributed by atoms with Gasteiger partial charge in [-0.2, -0.15) is 0 Å². The molecule has 0 bridgehead atoms. The average molecular weight is 301 g/mol. The van der Waals surface area contributed by atoms with Crippen LogP contribution in [0.5, 0.6) is 0 Å².